The molecule has 0 aromatic heterocycles. The minimum atomic E-state index is 0.00267. The smallest absolute Gasteiger partial charge is 0.251 e. The van der Waals surface area contributed by atoms with Crippen LogP contribution in [0, 0.1) is 5.41 Å². The van der Waals surface area contributed by atoms with E-state index in [-0.39, 0.29) is 23.5 Å². The van der Waals surface area contributed by atoms with Crippen LogP contribution in [0.15, 0.2) is 18.2 Å². The van der Waals surface area contributed by atoms with Crippen molar-refractivity contribution in [3.05, 3.63) is 29.3 Å². The maximum atomic E-state index is 12.4. The molecule has 1 heterocycles. The van der Waals surface area contributed by atoms with Crippen molar-refractivity contribution in [2.24, 2.45) is 5.41 Å². The van der Waals surface area contributed by atoms with Crippen LogP contribution in [0.25, 0.3) is 0 Å². The molecule has 0 unspecified atom stereocenters. The molecule has 2 atom stereocenters. The van der Waals surface area contributed by atoms with Gasteiger partial charge in [0.05, 0.1) is 6.10 Å². The molecule has 20 heavy (non-hydrogen) atoms. The topological polar surface area (TPSA) is 50.4 Å². The van der Waals surface area contributed by atoms with Crippen LogP contribution in [-0.4, -0.2) is 31.7 Å². The summed E-state index contributed by atoms with van der Waals surface area (Å²) < 4.78 is 5.42. The zero-order valence-electron chi connectivity index (χ0n) is 12.3. The molecule has 1 aliphatic heterocycles. The number of anilines is 1. The third-order valence-corrected chi connectivity index (χ3v) is 4.84. The number of rotatable bonds is 3. The third-order valence-electron chi connectivity index (χ3n) is 4.84. The minimum Gasteiger partial charge on any atom is -0.384 e. The molecule has 4 nitrogen and oxygen atoms in total. The summed E-state index contributed by atoms with van der Waals surface area (Å²) in [6, 6.07) is 6.09. The summed E-state index contributed by atoms with van der Waals surface area (Å²) in [6.45, 7) is 5.25. The number of hydrogen-bond acceptors (Lipinski definition) is 3. The first-order valence-electron chi connectivity index (χ1n) is 7.23. The van der Waals surface area contributed by atoms with E-state index in [9.17, 15) is 4.79 Å². The summed E-state index contributed by atoms with van der Waals surface area (Å²) in [5.41, 5.74) is 3.15. The molecule has 4 heteroatoms. The van der Waals surface area contributed by atoms with Gasteiger partial charge in [-0.1, -0.05) is 13.8 Å². The predicted molar refractivity (Wildman–Crippen MR) is 79.1 cm³/mol. The molecule has 1 fully saturated rings. The molecule has 0 bridgehead atoms. The van der Waals surface area contributed by atoms with E-state index in [0.29, 0.717) is 0 Å². The molecule has 108 valence electrons. The number of nitrogens with one attached hydrogen (secondary N) is 2. The number of methoxy groups -OCH3 is 1. The number of carbonyl (C=O) groups is 1. The Bertz CT molecular complexity index is 539. The van der Waals surface area contributed by atoms with Gasteiger partial charge in [-0.25, -0.2) is 0 Å². The second-order valence-electron chi connectivity index (χ2n) is 6.36. The first-order valence-corrected chi connectivity index (χ1v) is 7.23. The van der Waals surface area contributed by atoms with E-state index in [4.69, 9.17) is 4.74 Å². The molecule has 0 radical (unpaired) electrons. The van der Waals surface area contributed by atoms with Gasteiger partial charge in [-0.15, -0.1) is 0 Å². The van der Waals surface area contributed by atoms with Crippen molar-refractivity contribution in [1.29, 1.82) is 0 Å². The average molecular weight is 274 g/mol. The minimum absolute atomic E-state index is 0.00267. The van der Waals surface area contributed by atoms with Crippen LogP contribution in [0.3, 0.4) is 0 Å². The lowest BCUT2D eigenvalue weighted by molar-refractivity contribution is -0.0942. The Labute approximate surface area is 119 Å². The highest BCUT2D eigenvalue weighted by Crippen LogP contribution is 2.42. The van der Waals surface area contributed by atoms with Crippen LogP contribution in [0.1, 0.15) is 36.2 Å². The Morgan fingerprint density at radius 3 is 2.95 bits per heavy atom. The molecule has 0 saturated heterocycles. The van der Waals surface area contributed by atoms with Gasteiger partial charge in [0.1, 0.15) is 0 Å². The molecular formula is C16H22N2O2. The highest BCUT2D eigenvalue weighted by atomic mass is 16.5. The zero-order chi connectivity index (χ0) is 14.3. The fourth-order valence-electron chi connectivity index (χ4n) is 3.22. The second kappa shape index (κ2) is 4.77. The molecule has 2 aliphatic rings. The number of benzene rings is 1. The van der Waals surface area contributed by atoms with E-state index < -0.39 is 0 Å². The quantitative estimate of drug-likeness (QED) is 0.888. The van der Waals surface area contributed by atoms with Gasteiger partial charge < -0.3 is 15.4 Å². The van der Waals surface area contributed by atoms with Crippen molar-refractivity contribution in [2.75, 3.05) is 19.0 Å². The van der Waals surface area contributed by atoms with Crippen LogP contribution in [0.2, 0.25) is 0 Å². The first-order chi connectivity index (χ1) is 9.52. The lowest BCUT2D eigenvalue weighted by Gasteiger charge is -2.51. The van der Waals surface area contributed by atoms with Crippen molar-refractivity contribution < 1.29 is 9.53 Å². The van der Waals surface area contributed by atoms with Crippen molar-refractivity contribution >= 4 is 11.6 Å². The molecule has 1 aromatic carbocycles. The zero-order valence-corrected chi connectivity index (χ0v) is 12.3. The van der Waals surface area contributed by atoms with Crippen molar-refractivity contribution in [3.63, 3.8) is 0 Å². The lowest BCUT2D eigenvalue weighted by atomic mass is 9.64. The van der Waals surface area contributed by atoms with Gasteiger partial charge in [-0.3, -0.25) is 4.79 Å². The number of fused-ring (bicyclic) bond motifs is 1. The Hall–Kier alpha value is -1.55. The Morgan fingerprint density at radius 1 is 1.45 bits per heavy atom. The molecule has 1 amide bonds. The molecule has 1 aromatic rings. The SMILES string of the molecule is CO[C@H]1C[C@H](NC(=O)c2ccc3c(c2)CCN3)C1(C)C. The summed E-state index contributed by atoms with van der Waals surface area (Å²) in [5, 5.41) is 6.45. The molecule has 1 aliphatic carbocycles. The second-order valence-corrected chi connectivity index (χ2v) is 6.36. The van der Waals surface area contributed by atoms with Gasteiger partial charge in [0, 0.05) is 36.4 Å². The van der Waals surface area contributed by atoms with Crippen LogP contribution >= 0.6 is 0 Å². The number of hydrogen-bond donors (Lipinski definition) is 2. The standard InChI is InChI=1S/C16H22N2O2/c1-16(2)13(9-14(16)20-3)18-15(19)11-4-5-12-10(8-11)6-7-17-12/h4-5,8,13-14,17H,6-7,9H2,1-3H3,(H,18,19)/t13-,14-/m0/s1. The van der Waals surface area contributed by atoms with Gasteiger partial charge in [0.15, 0.2) is 0 Å². The Kier molecular flexibility index (Phi) is 3.21. The van der Waals surface area contributed by atoms with E-state index in [0.717, 1.165) is 30.6 Å². The normalized spacial score (nSPS) is 26.4. The molecule has 1 saturated carbocycles. The number of ether oxygens (including phenoxy) is 1. The average Bonchev–Trinajstić information content (AvgIpc) is 2.89. The third kappa shape index (κ3) is 2.08. The van der Waals surface area contributed by atoms with Gasteiger partial charge in [0.2, 0.25) is 0 Å². The van der Waals surface area contributed by atoms with Gasteiger partial charge in [-0.05, 0) is 36.6 Å². The molecule has 0 spiro atoms. The first kappa shape index (κ1) is 13.4. The van der Waals surface area contributed by atoms with Crippen molar-refractivity contribution in [1.82, 2.24) is 5.32 Å². The van der Waals surface area contributed by atoms with Crippen LogP contribution in [0.5, 0.6) is 0 Å². The number of amides is 1. The maximum Gasteiger partial charge on any atom is 0.251 e. The van der Waals surface area contributed by atoms with E-state index in [1.165, 1.54) is 5.56 Å². The van der Waals surface area contributed by atoms with Gasteiger partial charge in [0.25, 0.3) is 5.91 Å². The summed E-state index contributed by atoms with van der Waals surface area (Å²) in [7, 11) is 1.73. The molecule has 3 rings (SSSR count). The summed E-state index contributed by atoms with van der Waals surface area (Å²) >= 11 is 0. The molecule has 2 N–H and O–H groups in total. The van der Waals surface area contributed by atoms with Crippen molar-refractivity contribution in [2.45, 2.75) is 38.8 Å². The van der Waals surface area contributed by atoms with Gasteiger partial charge >= 0.3 is 0 Å². The van der Waals surface area contributed by atoms with Crippen molar-refractivity contribution in [3.8, 4) is 0 Å². The molecular weight excluding hydrogens is 252 g/mol. The summed E-state index contributed by atoms with van der Waals surface area (Å²) in [6.07, 6.45) is 2.12. The largest absolute Gasteiger partial charge is 0.384 e. The highest BCUT2D eigenvalue weighted by molar-refractivity contribution is 5.95. The summed E-state index contributed by atoms with van der Waals surface area (Å²) in [5.74, 6) is 0.0207. The van der Waals surface area contributed by atoms with Crippen LogP contribution in [0.4, 0.5) is 5.69 Å². The van der Waals surface area contributed by atoms with E-state index >= 15 is 0 Å². The van der Waals surface area contributed by atoms with E-state index in [2.05, 4.69) is 24.5 Å². The lowest BCUT2D eigenvalue weighted by Crippen LogP contribution is -2.61. The Balaban J connectivity index is 1.69. The highest BCUT2D eigenvalue weighted by Gasteiger charge is 2.49. The van der Waals surface area contributed by atoms with Gasteiger partial charge in [-0.2, -0.15) is 0 Å². The fourth-order valence-corrected chi connectivity index (χ4v) is 3.22. The predicted octanol–water partition coefficient (Wildman–Crippen LogP) is 2.20. The maximum absolute atomic E-state index is 12.4. The van der Waals surface area contributed by atoms with Crippen LogP contribution in [-0.2, 0) is 11.2 Å². The monoisotopic (exact) mass is 274 g/mol. The van der Waals surface area contributed by atoms with Crippen LogP contribution < -0.4 is 10.6 Å². The van der Waals surface area contributed by atoms with E-state index in [1.54, 1.807) is 7.11 Å². The fraction of sp³-hybridized carbons (Fsp3) is 0.562. The summed E-state index contributed by atoms with van der Waals surface area (Å²) in [4.78, 5) is 12.4. The van der Waals surface area contributed by atoms with E-state index in [1.807, 2.05) is 18.2 Å². The number of carbonyl (C=O) groups excluding carboxylic acids is 1. The Morgan fingerprint density at radius 2 is 2.25 bits per heavy atom.